The number of hydrogen-bond acceptors (Lipinski definition) is 5. The Labute approximate surface area is 138 Å². The molecule has 0 fully saturated rings. The minimum Gasteiger partial charge on any atom is -0.496 e. The van der Waals surface area contributed by atoms with E-state index in [-0.39, 0.29) is 5.78 Å². The molecule has 0 saturated carbocycles. The molecule has 1 aliphatic carbocycles. The van der Waals surface area contributed by atoms with Crippen molar-refractivity contribution < 1.29 is 19.0 Å². The quantitative estimate of drug-likeness (QED) is 0.578. The Bertz CT molecular complexity index is 994. The average molecular weight is 321 g/mol. The molecule has 24 heavy (non-hydrogen) atoms. The zero-order chi connectivity index (χ0) is 16.8. The van der Waals surface area contributed by atoms with Gasteiger partial charge in [0.05, 0.1) is 21.3 Å². The summed E-state index contributed by atoms with van der Waals surface area (Å²) in [6.07, 6.45) is 1.63. The minimum atomic E-state index is -0.127. The van der Waals surface area contributed by atoms with Gasteiger partial charge in [-0.05, 0) is 41.5 Å². The molecule has 120 valence electrons. The summed E-state index contributed by atoms with van der Waals surface area (Å²) in [5, 5.41) is 1.68. The second kappa shape index (κ2) is 5.23. The molecule has 0 aliphatic heterocycles. The Hall–Kier alpha value is -3.08. The van der Waals surface area contributed by atoms with Crippen molar-refractivity contribution in [3.8, 4) is 28.4 Å². The van der Waals surface area contributed by atoms with Gasteiger partial charge in [0, 0.05) is 22.5 Å². The molecule has 0 spiro atoms. The predicted octanol–water partition coefficient (Wildman–Crippen LogP) is 3.47. The van der Waals surface area contributed by atoms with Crippen LogP contribution in [-0.2, 0) is 0 Å². The smallest absolute Gasteiger partial charge is 0.212 e. The lowest BCUT2D eigenvalue weighted by Gasteiger charge is -2.21. The van der Waals surface area contributed by atoms with Crippen LogP contribution in [0.15, 0.2) is 36.5 Å². The Morgan fingerprint density at radius 1 is 0.792 bits per heavy atom. The fourth-order valence-corrected chi connectivity index (χ4v) is 3.26. The van der Waals surface area contributed by atoms with Gasteiger partial charge in [0.1, 0.15) is 11.4 Å². The van der Waals surface area contributed by atoms with Gasteiger partial charge in [0.2, 0.25) is 5.78 Å². The van der Waals surface area contributed by atoms with Crippen molar-refractivity contribution >= 4 is 16.6 Å². The number of fused-ring (bicyclic) bond motifs is 2. The molecule has 5 nitrogen and oxygen atoms in total. The van der Waals surface area contributed by atoms with Crippen LogP contribution in [0.5, 0.6) is 17.2 Å². The van der Waals surface area contributed by atoms with Crippen LogP contribution in [0.25, 0.3) is 21.9 Å². The lowest BCUT2D eigenvalue weighted by atomic mass is 9.85. The van der Waals surface area contributed by atoms with Crippen LogP contribution in [0.1, 0.15) is 16.1 Å². The van der Waals surface area contributed by atoms with E-state index in [4.69, 9.17) is 14.2 Å². The molecule has 1 heterocycles. The second-order valence-corrected chi connectivity index (χ2v) is 5.48. The largest absolute Gasteiger partial charge is 0.496 e. The number of rotatable bonds is 3. The highest BCUT2D eigenvalue weighted by Gasteiger charge is 2.29. The molecule has 3 aromatic rings. The third-order valence-corrected chi connectivity index (χ3v) is 4.38. The normalized spacial score (nSPS) is 12.0. The number of ether oxygens (including phenoxy) is 3. The first kappa shape index (κ1) is 14.5. The van der Waals surface area contributed by atoms with Gasteiger partial charge in [-0.1, -0.05) is 0 Å². The van der Waals surface area contributed by atoms with Crippen molar-refractivity contribution in [1.82, 2.24) is 4.98 Å². The maximum Gasteiger partial charge on any atom is 0.212 e. The number of pyridine rings is 1. The first-order valence-corrected chi connectivity index (χ1v) is 7.46. The van der Waals surface area contributed by atoms with E-state index < -0.39 is 0 Å². The van der Waals surface area contributed by atoms with E-state index in [1.54, 1.807) is 33.6 Å². The van der Waals surface area contributed by atoms with Crippen LogP contribution in [0.3, 0.4) is 0 Å². The van der Waals surface area contributed by atoms with Crippen LogP contribution >= 0.6 is 0 Å². The maximum atomic E-state index is 13.0. The van der Waals surface area contributed by atoms with Crippen LogP contribution in [0.2, 0.25) is 0 Å². The highest BCUT2D eigenvalue weighted by Crippen LogP contribution is 2.45. The molecular formula is C19H15NO4. The summed E-state index contributed by atoms with van der Waals surface area (Å²) in [6.45, 7) is 0. The van der Waals surface area contributed by atoms with E-state index in [0.717, 1.165) is 21.9 Å². The molecule has 0 saturated heterocycles. The number of methoxy groups -OCH3 is 3. The van der Waals surface area contributed by atoms with Crippen molar-refractivity contribution in [1.29, 1.82) is 0 Å². The Kier molecular flexibility index (Phi) is 3.16. The van der Waals surface area contributed by atoms with Gasteiger partial charge in [0.25, 0.3) is 0 Å². The molecule has 0 radical (unpaired) electrons. The number of carbonyl (C=O) groups is 1. The molecule has 2 aromatic carbocycles. The van der Waals surface area contributed by atoms with Gasteiger partial charge in [-0.3, -0.25) is 9.78 Å². The zero-order valence-corrected chi connectivity index (χ0v) is 13.5. The number of ketones is 1. The Morgan fingerprint density at radius 3 is 2.12 bits per heavy atom. The summed E-state index contributed by atoms with van der Waals surface area (Å²) in [5.41, 5.74) is 2.74. The number of aromatic nitrogens is 1. The highest BCUT2D eigenvalue weighted by molar-refractivity contribution is 6.25. The molecule has 5 heteroatoms. The van der Waals surface area contributed by atoms with E-state index in [9.17, 15) is 4.79 Å². The van der Waals surface area contributed by atoms with E-state index in [1.165, 1.54) is 0 Å². The summed E-state index contributed by atoms with van der Waals surface area (Å²) >= 11 is 0. The molecule has 1 aliphatic rings. The van der Waals surface area contributed by atoms with Crippen molar-refractivity contribution in [3.63, 3.8) is 0 Å². The molecule has 0 amide bonds. The van der Waals surface area contributed by atoms with E-state index >= 15 is 0 Å². The number of carbonyl (C=O) groups excluding carboxylic acids is 1. The zero-order valence-electron chi connectivity index (χ0n) is 13.5. The monoisotopic (exact) mass is 321 g/mol. The minimum absolute atomic E-state index is 0.127. The lowest BCUT2D eigenvalue weighted by Crippen LogP contribution is -2.12. The van der Waals surface area contributed by atoms with Crippen molar-refractivity contribution in [2.75, 3.05) is 21.3 Å². The summed E-state index contributed by atoms with van der Waals surface area (Å²) in [4.78, 5) is 17.3. The van der Waals surface area contributed by atoms with E-state index in [1.807, 2.05) is 24.3 Å². The molecule has 0 atom stereocenters. The fourth-order valence-electron chi connectivity index (χ4n) is 3.26. The Balaban J connectivity index is 2.14. The predicted molar refractivity (Wildman–Crippen MR) is 90.3 cm³/mol. The summed E-state index contributed by atoms with van der Waals surface area (Å²) in [6, 6.07) is 9.26. The molecule has 4 rings (SSSR count). The van der Waals surface area contributed by atoms with Crippen LogP contribution in [0.4, 0.5) is 0 Å². The van der Waals surface area contributed by atoms with Gasteiger partial charge >= 0.3 is 0 Å². The SMILES string of the molecule is COc1cc2c(cc1OC)-c1ccc(OC)c3ccnc(c13)C2=O. The maximum absolute atomic E-state index is 13.0. The van der Waals surface area contributed by atoms with Gasteiger partial charge < -0.3 is 14.2 Å². The van der Waals surface area contributed by atoms with Crippen LogP contribution < -0.4 is 14.2 Å². The highest BCUT2D eigenvalue weighted by atomic mass is 16.5. The van der Waals surface area contributed by atoms with Crippen LogP contribution in [0, 0.1) is 0 Å². The second-order valence-electron chi connectivity index (χ2n) is 5.48. The average Bonchev–Trinajstić information content (AvgIpc) is 2.64. The molecule has 0 bridgehead atoms. The topological polar surface area (TPSA) is 57.6 Å². The fraction of sp³-hybridized carbons (Fsp3) is 0.158. The van der Waals surface area contributed by atoms with Crippen molar-refractivity contribution in [3.05, 3.63) is 47.8 Å². The molecule has 0 N–H and O–H groups in total. The van der Waals surface area contributed by atoms with Crippen molar-refractivity contribution in [2.45, 2.75) is 0 Å². The number of nitrogens with zero attached hydrogens (tertiary/aromatic N) is 1. The third kappa shape index (κ3) is 1.81. The van der Waals surface area contributed by atoms with Crippen LogP contribution in [-0.4, -0.2) is 32.1 Å². The van der Waals surface area contributed by atoms with Gasteiger partial charge in [-0.25, -0.2) is 0 Å². The van der Waals surface area contributed by atoms with Gasteiger partial charge in [-0.2, -0.15) is 0 Å². The molecule has 0 unspecified atom stereocenters. The Morgan fingerprint density at radius 2 is 1.46 bits per heavy atom. The number of benzene rings is 2. The molecule has 1 aromatic heterocycles. The lowest BCUT2D eigenvalue weighted by molar-refractivity contribution is 0.103. The third-order valence-electron chi connectivity index (χ3n) is 4.38. The van der Waals surface area contributed by atoms with E-state index in [2.05, 4.69) is 4.98 Å². The summed E-state index contributed by atoms with van der Waals surface area (Å²) in [7, 11) is 4.74. The summed E-state index contributed by atoms with van der Waals surface area (Å²) in [5.74, 6) is 1.69. The first-order chi connectivity index (χ1) is 11.7. The van der Waals surface area contributed by atoms with Gasteiger partial charge in [0.15, 0.2) is 11.5 Å². The number of hydrogen-bond donors (Lipinski definition) is 0. The standard InChI is InChI=1S/C19H15NO4/c1-22-14-5-4-10-12-8-15(23-2)16(24-3)9-13(12)19(21)18-17(10)11(14)6-7-20-18/h4-9H,1-3H3. The van der Waals surface area contributed by atoms with E-state index in [0.29, 0.717) is 28.5 Å². The van der Waals surface area contributed by atoms with Crippen molar-refractivity contribution in [2.24, 2.45) is 0 Å². The van der Waals surface area contributed by atoms with Gasteiger partial charge in [-0.15, -0.1) is 0 Å². The summed E-state index contributed by atoms with van der Waals surface area (Å²) < 4.78 is 16.1. The molecular weight excluding hydrogens is 306 g/mol. The first-order valence-electron chi connectivity index (χ1n) is 7.46.